The fourth-order valence-corrected chi connectivity index (χ4v) is 8.83. The molecule has 0 amide bonds. The molecule has 28 heavy (non-hydrogen) atoms. The van der Waals surface area contributed by atoms with Crippen molar-refractivity contribution >= 4 is 0 Å². The van der Waals surface area contributed by atoms with Gasteiger partial charge in [-0.3, -0.25) is 0 Å². The first kappa shape index (κ1) is 21.1. The number of hydrogen-bond donors (Lipinski definition) is 4. The summed E-state index contributed by atoms with van der Waals surface area (Å²) in [6.07, 6.45) is 5.32. The molecule has 4 N–H and O–H groups in total. The Morgan fingerprint density at radius 2 is 1.61 bits per heavy atom. The molecule has 4 nitrogen and oxygen atoms in total. The highest BCUT2D eigenvalue weighted by Crippen LogP contribution is 2.68. The third-order valence-electron chi connectivity index (χ3n) is 10.3. The minimum atomic E-state index is -0.757. The first-order valence-electron chi connectivity index (χ1n) is 11.9. The van der Waals surface area contributed by atoms with Crippen LogP contribution < -0.4 is 0 Å². The topological polar surface area (TPSA) is 80.9 Å². The predicted molar refractivity (Wildman–Crippen MR) is 109 cm³/mol. The molecule has 12 atom stereocenters. The van der Waals surface area contributed by atoms with Crippen molar-refractivity contribution in [2.75, 3.05) is 0 Å². The lowest BCUT2D eigenvalue weighted by molar-refractivity contribution is -0.243. The summed E-state index contributed by atoms with van der Waals surface area (Å²) in [4.78, 5) is 0. The van der Waals surface area contributed by atoms with Crippen LogP contribution in [0.15, 0.2) is 0 Å². The lowest BCUT2D eigenvalue weighted by Crippen LogP contribution is -2.66. The molecule has 0 aromatic carbocycles. The molecule has 4 fully saturated rings. The van der Waals surface area contributed by atoms with Gasteiger partial charge >= 0.3 is 0 Å². The average Bonchev–Trinajstić information content (AvgIpc) is 3.01. The summed E-state index contributed by atoms with van der Waals surface area (Å²) in [5.74, 6) is 1.59. The summed E-state index contributed by atoms with van der Waals surface area (Å²) in [5.41, 5.74) is -0.258. The van der Waals surface area contributed by atoms with Gasteiger partial charge in [-0.25, -0.2) is 0 Å². The van der Waals surface area contributed by atoms with Gasteiger partial charge in [0, 0.05) is 0 Å². The molecule has 0 radical (unpaired) electrons. The molecule has 0 bridgehead atoms. The largest absolute Gasteiger partial charge is 0.393 e. The van der Waals surface area contributed by atoms with Gasteiger partial charge in [-0.2, -0.15) is 0 Å². The predicted octanol–water partition coefficient (Wildman–Crippen LogP) is 3.35. The third-order valence-corrected chi connectivity index (χ3v) is 10.3. The van der Waals surface area contributed by atoms with E-state index in [4.69, 9.17) is 0 Å². The molecule has 0 unspecified atom stereocenters. The number of aliphatic hydroxyl groups excluding tert-OH is 4. The van der Waals surface area contributed by atoms with Gasteiger partial charge in [0.2, 0.25) is 0 Å². The third kappa shape index (κ3) is 2.77. The highest BCUT2D eigenvalue weighted by Gasteiger charge is 2.67. The molecule has 4 heteroatoms. The lowest BCUT2D eigenvalue weighted by atomic mass is 9.42. The molecule has 0 saturated heterocycles. The Kier molecular flexibility index (Phi) is 5.43. The normalized spacial score (nSPS) is 57.2. The van der Waals surface area contributed by atoms with E-state index < -0.39 is 12.2 Å². The highest BCUT2D eigenvalue weighted by atomic mass is 16.3. The fourth-order valence-electron chi connectivity index (χ4n) is 8.83. The van der Waals surface area contributed by atoms with Gasteiger partial charge in [0.25, 0.3) is 0 Å². The van der Waals surface area contributed by atoms with E-state index in [0.717, 1.165) is 32.1 Å². The molecule has 4 aliphatic carbocycles. The van der Waals surface area contributed by atoms with Crippen molar-refractivity contribution in [3.63, 3.8) is 0 Å². The summed E-state index contributed by atoms with van der Waals surface area (Å²) in [5, 5.41) is 44.1. The van der Waals surface area contributed by atoms with Crippen molar-refractivity contribution in [3.8, 4) is 0 Å². The smallest absolute Gasteiger partial charge is 0.0836 e. The average molecular weight is 395 g/mol. The van der Waals surface area contributed by atoms with Crippen LogP contribution in [-0.2, 0) is 0 Å². The van der Waals surface area contributed by atoms with Gasteiger partial charge in [0.15, 0.2) is 0 Å². The van der Waals surface area contributed by atoms with Gasteiger partial charge in [-0.1, -0.05) is 40.5 Å². The van der Waals surface area contributed by atoms with Gasteiger partial charge < -0.3 is 20.4 Å². The van der Waals surface area contributed by atoms with E-state index in [1.807, 2.05) is 0 Å². The van der Waals surface area contributed by atoms with Gasteiger partial charge in [0.05, 0.1) is 24.4 Å². The Labute approximate surface area is 170 Å². The Morgan fingerprint density at radius 1 is 0.893 bits per heavy atom. The van der Waals surface area contributed by atoms with E-state index in [9.17, 15) is 20.4 Å². The van der Waals surface area contributed by atoms with Crippen LogP contribution in [0.1, 0.15) is 79.1 Å². The van der Waals surface area contributed by atoms with E-state index in [-0.39, 0.29) is 46.7 Å². The molecular weight excluding hydrogens is 352 g/mol. The van der Waals surface area contributed by atoms with Crippen molar-refractivity contribution < 1.29 is 20.4 Å². The zero-order valence-electron chi connectivity index (χ0n) is 18.2. The van der Waals surface area contributed by atoms with Crippen LogP contribution in [-0.4, -0.2) is 44.8 Å². The van der Waals surface area contributed by atoms with Crippen LogP contribution in [0.3, 0.4) is 0 Å². The standard InChI is InChI=1S/C24H42O4/c1-5-6-13(2)15-7-8-16-20-17(12-19(26)24(15,16)4)23(3)10-9-14(25)11-18(23)21(27)22(20)28/h13-22,25-28H,5-12H2,1-4H3/t13-,14-,15-,16+,17+,18+,19+,20+,21+,22+,23-,24-/m1/s1. The van der Waals surface area contributed by atoms with Crippen LogP contribution in [0.2, 0.25) is 0 Å². The summed E-state index contributed by atoms with van der Waals surface area (Å²) < 4.78 is 0. The van der Waals surface area contributed by atoms with Gasteiger partial charge in [-0.05, 0) is 84.9 Å². The Morgan fingerprint density at radius 3 is 2.29 bits per heavy atom. The maximum atomic E-state index is 11.5. The molecule has 0 heterocycles. The summed E-state index contributed by atoms with van der Waals surface area (Å²) in [7, 11) is 0. The van der Waals surface area contributed by atoms with E-state index in [1.165, 1.54) is 12.8 Å². The van der Waals surface area contributed by atoms with Crippen LogP contribution in [0, 0.1) is 46.3 Å². The molecule has 0 aliphatic heterocycles. The lowest BCUT2D eigenvalue weighted by Gasteiger charge is -2.64. The highest BCUT2D eigenvalue weighted by molar-refractivity contribution is 5.16. The molecule has 0 aromatic heterocycles. The van der Waals surface area contributed by atoms with Gasteiger partial charge in [-0.15, -0.1) is 0 Å². The van der Waals surface area contributed by atoms with Crippen LogP contribution in [0.25, 0.3) is 0 Å². The number of hydrogen-bond acceptors (Lipinski definition) is 4. The first-order chi connectivity index (χ1) is 13.2. The minimum absolute atomic E-state index is 0.0683. The molecular formula is C24H42O4. The molecule has 0 spiro atoms. The van der Waals surface area contributed by atoms with Crippen molar-refractivity contribution in [1.82, 2.24) is 0 Å². The van der Waals surface area contributed by atoms with E-state index in [1.54, 1.807) is 0 Å². The second-order valence-electron chi connectivity index (χ2n) is 11.4. The Hall–Kier alpha value is -0.160. The minimum Gasteiger partial charge on any atom is -0.393 e. The van der Waals surface area contributed by atoms with Crippen molar-refractivity contribution in [2.24, 2.45) is 46.3 Å². The maximum absolute atomic E-state index is 11.5. The summed E-state index contributed by atoms with van der Waals surface area (Å²) in [6, 6.07) is 0. The van der Waals surface area contributed by atoms with Gasteiger partial charge in [0.1, 0.15) is 0 Å². The Bertz CT molecular complexity index is 581. The monoisotopic (exact) mass is 394 g/mol. The van der Waals surface area contributed by atoms with E-state index in [0.29, 0.717) is 18.3 Å². The zero-order chi connectivity index (χ0) is 20.4. The summed E-state index contributed by atoms with van der Waals surface area (Å²) >= 11 is 0. The van der Waals surface area contributed by atoms with Crippen molar-refractivity contribution in [2.45, 2.75) is 103 Å². The van der Waals surface area contributed by atoms with Crippen molar-refractivity contribution in [3.05, 3.63) is 0 Å². The summed E-state index contributed by atoms with van der Waals surface area (Å²) in [6.45, 7) is 9.11. The maximum Gasteiger partial charge on any atom is 0.0836 e. The molecule has 4 aliphatic rings. The molecule has 4 rings (SSSR count). The van der Waals surface area contributed by atoms with Crippen molar-refractivity contribution in [1.29, 1.82) is 0 Å². The van der Waals surface area contributed by atoms with Crippen LogP contribution in [0.4, 0.5) is 0 Å². The molecule has 162 valence electrons. The Balaban J connectivity index is 1.69. The number of fused-ring (bicyclic) bond motifs is 5. The fraction of sp³-hybridized carbons (Fsp3) is 1.00. The molecule has 0 aromatic rings. The second kappa shape index (κ2) is 7.21. The first-order valence-corrected chi connectivity index (χ1v) is 11.9. The van der Waals surface area contributed by atoms with Crippen LogP contribution in [0.5, 0.6) is 0 Å². The van der Waals surface area contributed by atoms with E-state index >= 15 is 0 Å². The SMILES string of the molecule is CCC[C@@H](C)[C@H]1CC[C@H]2[C@@H]3[C@H](O)[C@@H](O)[C@@H]4C[C@H](O)CC[C@]4(C)[C@H]3C[C@H](O)[C@]12C. The van der Waals surface area contributed by atoms with E-state index in [2.05, 4.69) is 27.7 Å². The number of rotatable bonds is 3. The quantitative estimate of drug-likeness (QED) is 0.592. The van der Waals surface area contributed by atoms with Crippen LogP contribution >= 0.6 is 0 Å². The zero-order valence-corrected chi connectivity index (χ0v) is 18.2. The molecule has 4 saturated carbocycles. The number of aliphatic hydroxyl groups is 4. The second-order valence-corrected chi connectivity index (χ2v) is 11.4.